The Bertz CT molecular complexity index is 1710. The number of aryl methyl sites for hydroxylation is 1. The Hall–Kier alpha value is -3.68. The van der Waals surface area contributed by atoms with Crippen LogP contribution in [0.5, 0.6) is 0 Å². The number of fused-ring (bicyclic) bond motifs is 1. The molecule has 0 spiro atoms. The third-order valence-corrected chi connectivity index (χ3v) is 7.71. The predicted octanol–water partition coefficient (Wildman–Crippen LogP) is 4.86. The molecule has 37 heavy (non-hydrogen) atoms. The molecule has 0 N–H and O–H groups in total. The van der Waals surface area contributed by atoms with Gasteiger partial charge in [0.25, 0.3) is 5.56 Å². The molecule has 6 nitrogen and oxygen atoms in total. The first-order chi connectivity index (χ1) is 17.8. The molecule has 2 aromatic carbocycles. The lowest BCUT2D eigenvalue weighted by molar-refractivity contribution is -0.139. The Kier molecular flexibility index (Phi) is 6.75. The third-order valence-electron chi connectivity index (χ3n) is 6.47. The van der Waals surface area contributed by atoms with Crippen LogP contribution >= 0.6 is 22.9 Å². The first-order valence-electron chi connectivity index (χ1n) is 12.0. The topological polar surface area (TPSA) is 65.6 Å². The summed E-state index contributed by atoms with van der Waals surface area (Å²) < 4.78 is 9.65. The van der Waals surface area contributed by atoms with Crippen LogP contribution in [0.2, 0.25) is 5.02 Å². The fourth-order valence-electron chi connectivity index (χ4n) is 4.80. The minimum absolute atomic E-state index is 0.191. The van der Waals surface area contributed by atoms with Gasteiger partial charge in [-0.05, 0) is 75.2 Å². The highest BCUT2D eigenvalue weighted by Crippen LogP contribution is 2.30. The fourth-order valence-corrected chi connectivity index (χ4v) is 5.97. The van der Waals surface area contributed by atoms with E-state index < -0.39 is 12.0 Å². The number of aromatic nitrogens is 2. The second-order valence-corrected chi connectivity index (χ2v) is 10.3. The lowest BCUT2D eigenvalue weighted by Crippen LogP contribution is -2.39. The standard InChI is InChI=1S/C29H26ClN3O3S/c1-5-36-28(35)25-18(3)31-29-33(26(25)20-9-7-6-8-10-20)27(34)24(37-29)16-21-15-17(2)32(19(21)4)23-13-11-22(30)12-14-23/h6-16,26H,5H2,1-4H3/t26-/m1/s1. The zero-order valence-corrected chi connectivity index (χ0v) is 22.6. The van der Waals surface area contributed by atoms with Crippen LogP contribution in [0, 0.1) is 13.8 Å². The average Bonchev–Trinajstić information content (AvgIpc) is 3.33. The SMILES string of the molecule is CCOC(=O)C1=C(C)N=c2sc(=Cc3cc(C)n(-c4ccc(Cl)cc4)c3C)c(=O)n2[C@@H]1c1ccccc1. The predicted molar refractivity (Wildman–Crippen MR) is 147 cm³/mol. The second kappa shape index (κ2) is 10.00. The Morgan fingerprint density at radius 1 is 1.11 bits per heavy atom. The Morgan fingerprint density at radius 2 is 1.81 bits per heavy atom. The van der Waals surface area contributed by atoms with Crippen molar-refractivity contribution in [2.24, 2.45) is 4.99 Å². The van der Waals surface area contributed by atoms with Gasteiger partial charge in [-0.2, -0.15) is 0 Å². The number of allylic oxidation sites excluding steroid dienone is 1. The van der Waals surface area contributed by atoms with E-state index in [0.717, 1.165) is 28.2 Å². The number of thiazole rings is 1. The van der Waals surface area contributed by atoms with Crippen molar-refractivity contribution in [3.63, 3.8) is 0 Å². The van der Waals surface area contributed by atoms with E-state index in [9.17, 15) is 9.59 Å². The number of halogens is 1. The molecule has 0 aliphatic carbocycles. The first kappa shape index (κ1) is 25.0. The van der Waals surface area contributed by atoms with Crippen LogP contribution in [0.1, 0.15) is 42.4 Å². The van der Waals surface area contributed by atoms with Gasteiger partial charge < -0.3 is 9.30 Å². The molecule has 5 rings (SSSR count). The van der Waals surface area contributed by atoms with Crippen LogP contribution in [0.15, 0.2) is 81.7 Å². The van der Waals surface area contributed by atoms with Gasteiger partial charge >= 0.3 is 5.97 Å². The molecular weight excluding hydrogens is 506 g/mol. The lowest BCUT2D eigenvalue weighted by atomic mass is 9.96. The van der Waals surface area contributed by atoms with Gasteiger partial charge in [0, 0.05) is 22.1 Å². The summed E-state index contributed by atoms with van der Waals surface area (Å²) in [4.78, 5) is 32.0. The van der Waals surface area contributed by atoms with Crippen molar-refractivity contribution in [3.8, 4) is 5.69 Å². The molecule has 1 aliphatic heterocycles. The molecule has 8 heteroatoms. The summed E-state index contributed by atoms with van der Waals surface area (Å²) in [6.07, 6.45) is 1.91. The molecule has 0 fully saturated rings. The largest absolute Gasteiger partial charge is 0.463 e. The van der Waals surface area contributed by atoms with Crippen molar-refractivity contribution >= 4 is 35.0 Å². The van der Waals surface area contributed by atoms with Crippen LogP contribution in [0.3, 0.4) is 0 Å². The summed E-state index contributed by atoms with van der Waals surface area (Å²) in [5.41, 5.74) is 5.57. The maximum atomic E-state index is 13.8. The van der Waals surface area contributed by atoms with Gasteiger partial charge in [0.05, 0.1) is 28.5 Å². The minimum Gasteiger partial charge on any atom is -0.463 e. The Morgan fingerprint density at radius 3 is 2.49 bits per heavy atom. The number of ether oxygens (including phenoxy) is 1. The molecule has 0 amide bonds. The molecule has 0 bridgehead atoms. The van der Waals surface area contributed by atoms with Gasteiger partial charge in [0.1, 0.15) is 0 Å². The van der Waals surface area contributed by atoms with Crippen LogP contribution < -0.4 is 14.9 Å². The van der Waals surface area contributed by atoms with Crippen LogP contribution in [0.25, 0.3) is 11.8 Å². The van der Waals surface area contributed by atoms with Gasteiger partial charge in [0.15, 0.2) is 4.80 Å². The number of benzene rings is 2. The van der Waals surface area contributed by atoms with Crippen LogP contribution in [-0.2, 0) is 9.53 Å². The molecular formula is C29H26ClN3O3S. The van der Waals surface area contributed by atoms with Gasteiger partial charge in [0.2, 0.25) is 0 Å². The number of carbonyl (C=O) groups is 1. The summed E-state index contributed by atoms with van der Waals surface area (Å²) in [5, 5.41) is 0.679. The highest BCUT2D eigenvalue weighted by atomic mass is 35.5. The van der Waals surface area contributed by atoms with Crippen LogP contribution in [0.4, 0.5) is 0 Å². The summed E-state index contributed by atoms with van der Waals surface area (Å²) in [7, 11) is 0. The highest BCUT2D eigenvalue weighted by Gasteiger charge is 2.33. The summed E-state index contributed by atoms with van der Waals surface area (Å²) >= 11 is 7.40. The van der Waals surface area contributed by atoms with E-state index in [1.54, 1.807) is 18.4 Å². The molecule has 1 aliphatic rings. The molecule has 0 saturated carbocycles. The van der Waals surface area contributed by atoms with Gasteiger partial charge in [-0.15, -0.1) is 0 Å². The minimum atomic E-state index is -0.611. The van der Waals surface area contributed by atoms with Crippen molar-refractivity contribution in [2.45, 2.75) is 33.7 Å². The maximum absolute atomic E-state index is 13.8. The molecule has 0 unspecified atom stereocenters. The Labute approximate surface area is 223 Å². The van der Waals surface area contributed by atoms with Gasteiger partial charge in [-0.1, -0.05) is 53.3 Å². The zero-order valence-electron chi connectivity index (χ0n) is 21.0. The number of hydrogen-bond acceptors (Lipinski definition) is 5. The fraction of sp³-hybridized carbons (Fsp3) is 0.207. The molecule has 1 atom stereocenters. The van der Waals surface area contributed by atoms with Crippen LogP contribution in [-0.4, -0.2) is 21.7 Å². The quantitative estimate of drug-likeness (QED) is 0.345. The average molecular weight is 532 g/mol. The van der Waals surface area contributed by atoms with Crippen molar-refractivity contribution in [1.82, 2.24) is 9.13 Å². The Balaban J connectivity index is 1.68. The number of hydrogen-bond donors (Lipinski definition) is 0. The number of nitrogens with zero attached hydrogens (tertiary/aromatic N) is 3. The highest BCUT2D eigenvalue weighted by molar-refractivity contribution is 7.07. The molecule has 4 aromatic rings. The summed E-state index contributed by atoms with van der Waals surface area (Å²) in [6.45, 7) is 7.86. The van der Waals surface area contributed by atoms with Gasteiger partial charge in [-0.3, -0.25) is 9.36 Å². The lowest BCUT2D eigenvalue weighted by Gasteiger charge is -2.24. The summed E-state index contributed by atoms with van der Waals surface area (Å²) in [5.74, 6) is -0.460. The number of rotatable bonds is 5. The second-order valence-electron chi connectivity index (χ2n) is 8.85. The van der Waals surface area contributed by atoms with E-state index in [0.29, 0.717) is 25.6 Å². The van der Waals surface area contributed by atoms with E-state index in [1.165, 1.54) is 11.3 Å². The first-order valence-corrected chi connectivity index (χ1v) is 13.2. The van der Waals surface area contributed by atoms with Crippen molar-refractivity contribution in [2.75, 3.05) is 6.61 Å². The van der Waals surface area contributed by atoms with Crippen molar-refractivity contribution < 1.29 is 9.53 Å². The maximum Gasteiger partial charge on any atom is 0.338 e. The number of esters is 1. The van der Waals surface area contributed by atoms with E-state index in [4.69, 9.17) is 16.3 Å². The third kappa shape index (κ3) is 4.49. The molecule has 3 heterocycles. The number of carbonyl (C=O) groups excluding carboxylic acids is 1. The molecule has 0 radical (unpaired) electrons. The van der Waals surface area contributed by atoms with Crippen molar-refractivity contribution in [1.29, 1.82) is 0 Å². The van der Waals surface area contributed by atoms with E-state index >= 15 is 0 Å². The van der Waals surface area contributed by atoms with Crippen molar-refractivity contribution in [3.05, 3.63) is 119 Å². The monoisotopic (exact) mass is 531 g/mol. The smallest absolute Gasteiger partial charge is 0.338 e. The normalized spacial score (nSPS) is 15.5. The van der Waals surface area contributed by atoms with E-state index in [-0.39, 0.29) is 12.2 Å². The molecule has 188 valence electrons. The van der Waals surface area contributed by atoms with E-state index in [1.807, 2.05) is 74.5 Å². The zero-order chi connectivity index (χ0) is 26.3. The molecule has 0 saturated heterocycles. The summed E-state index contributed by atoms with van der Waals surface area (Å²) in [6, 6.07) is 18.7. The molecule has 2 aromatic heterocycles. The van der Waals surface area contributed by atoms with Gasteiger partial charge in [-0.25, -0.2) is 9.79 Å². The van der Waals surface area contributed by atoms with E-state index in [2.05, 4.69) is 15.6 Å².